The number of rotatable bonds is 10. The van der Waals surface area contributed by atoms with Crippen LogP contribution >= 0.6 is 0 Å². The van der Waals surface area contributed by atoms with Crippen molar-refractivity contribution in [3.63, 3.8) is 0 Å². The van der Waals surface area contributed by atoms with Crippen LogP contribution in [0.5, 0.6) is 0 Å². The van der Waals surface area contributed by atoms with E-state index in [9.17, 15) is 19.2 Å². The van der Waals surface area contributed by atoms with Crippen LogP contribution in [0.25, 0.3) is 0 Å². The third-order valence-electron chi connectivity index (χ3n) is 2.64. The molecule has 0 aromatic rings. The zero-order chi connectivity index (χ0) is 17.1. The lowest BCUT2D eigenvalue weighted by Gasteiger charge is -2.21. The molecule has 0 aromatic heterocycles. The first-order chi connectivity index (χ1) is 10.3. The number of nitrogens with two attached hydrogens (primary N) is 2. The number of carbonyl (C=O) groups is 4. The number of nitrogens with one attached hydrogen (secondary N) is 3. The Balaban J connectivity index is 4.73. The van der Waals surface area contributed by atoms with Crippen LogP contribution in [-0.4, -0.2) is 60.5 Å². The molecular weight excluding hydrogens is 294 g/mol. The number of primary amides is 1. The van der Waals surface area contributed by atoms with Gasteiger partial charge in [0.05, 0.1) is 13.2 Å². The van der Waals surface area contributed by atoms with E-state index in [1.165, 1.54) is 6.92 Å². The molecular formula is C12H23N5O5. The number of amides is 4. The maximum Gasteiger partial charge on any atom is 0.245 e. The van der Waals surface area contributed by atoms with Crippen molar-refractivity contribution in [3.8, 4) is 0 Å². The number of aliphatic hydroxyl groups is 1. The lowest BCUT2D eigenvalue weighted by molar-refractivity contribution is -0.133. The van der Waals surface area contributed by atoms with Crippen LogP contribution < -0.4 is 27.4 Å². The summed E-state index contributed by atoms with van der Waals surface area (Å²) in [6.45, 7) is 0.535. The van der Waals surface area contributed by atoms with Crippen molar-refractivity contribution in [2.45, 2.75) is 31.8 Å². The molecule has 0 aliphatic carbocycles. The van der Waals surface area contributed by atoms with Gasteiger partial charge in [0.15, 0.2) is 0 Å². The summed E-state index contributed by atoms with van der Waals surface area (Å²) in [4.78, 5) is 45.4. The zero-order valence-electron chi connectivity index (χ0n) is 12.4. The molecule has 0 rings (SSSR count). The van der Waals surface area contributed by atoms with Crippen LogP contribution in [0.1, 0.15) is 19.8 Å². The van der Waals surface area contributed by atoms with Crippen molar-refractivity contribution in [2.24, 2.45) is 11.5 Å². The molecule has 126 valence electrons. The summed E-state index contributed by atoms with van der Waals surface area (Å²) in [7, 11) is 0. The molecule has 0 aromatic carbocycles. The summed E-state index contributed by atoms with van der Waals surface area (Å²) in [5.41, 5.74) is 10.3. The third kappa shape index (κ3) is 8.17. The summed E-state index contributed by atoms with van der Waals surface area (Å²) in [5.74, 6) is -2.52. The summed E-state index contributed by atoms with van der Waals surface area (Å²) in [5, 5.41) is 16.0. The number of hydrogen-bond donors (Lipinski definition) is 6. The average Bonchev–Trinajstić information content (AvgIpc) is 2.45. The Kier molecular flexibility index (Phi) is 9.46. The molecule has 0 spiro atoms. The van der Waals surface area contributed by atoms with E-state index >= 15 is 0 Å². The molecule has 2 atom stereocenters. The van der Waals surface area contributed by atoms with Crippen LogP contribution in [0, 0.1) is 0 Å². The first-order valence-corrected chi connectivity index (χ1v) is 6.76. The van der Waals surface area contributed by atoms with Gasteiger partial charge in [0.2, 0.25) is 23.6 Å². The van der Waals surface area contributed by atoms with Gasteiger partial charge >= 0.3 is 0 Å². The van der Waals surface area contributed by atoms with E-state index in [1.807, 2.05) is 0 Å². The highest BCUT2D eigenvalue weighted by molar-refractivity contribution is 5.93. The van der Waals surface area contributed by atoms with Crippen molar-refractivity contribution < 1.29 is 24.3 Å². The maximum atomic E-state index is 11.9. The van der Waals surface area contributed by atoms with Crippen molar-refractivity contribution in [2.75, 3.05) is 19.7 Å². The van der Waals surface area contributed by atoms with Gasteiger partial charge in [-0.3, -0.25) is 19.2 Å². The fourth-order valence-electron chi connectivity index (χ4n) is 1.60. The Morgan fingerprint density at radius 1 is 1.09 bits per heavy atom. The molecule has 0 radical (unpaired) electrons. The first-order valence-electron chi connectivity index (χ1n) is 6.76. The van der Waals surface area contributed by atoms with Crippen LogP contribution in [0.4, 0.5) is 0 Å². The van der Waals surface area contributed by atoms with Gasteiger partial charge < -0.3 is 32.5 Å². The summed E-state index contributed by atoms with van der Waals surface area (Å²) in [6, 6.07) is -2.11. The molecule has 10 nitrogen and oxygen atoms in total. The minimum atomic E-state index is -1.16. The maximum absolute atomic E-state index is 11.9. The minimum Gasteiger partial charge on any atom is -0.394 e. The predicted molar refractivity (Wildman–Crippen MR) is 77.1 cm³/mol. The first kappa shape index (κ1) is 19.8. The fraction of sp³-hybridized carbons (Fsp3) is 0.667. The second-order valence-electron chi connectivity index (χ2n) is 4.61. The number of hydrogen-bond acceptors (Lipinski definition) is 6. The molecule has 10 heteroatoms. The summed E-state index contributed by atoms with van der Waals surface area (Å²) < 4.78 is 0. The Hall–Kier alpha value is -2.20. The standard InChI is InChI=1S/C12H23N5O5/c1-7(19)16-9(6-18)12(22)17-8(3-2-4-13)11(21)15-5-10(14)20/h8-9,18H,2-6,13H2,1H3,(H2,14,20)(H,15,21)(H,16,19)(H,17,22)/t8-,9-/m0/s1. The van der Waals surface area contributed by atoms with Gasteiger partial charge in [-0.2, -0.15) is 0 Å². The van der Waals surface area contributed by atoms with E-state index in [-0.39, 0.29) is 13.0 Å². The highest BCUT2D eigenvalue weighted by Crippen LogP contribution is 1.98. The van der Waals surface area contributed by atoms with Gasteiger partial charge in [-0.05, 0) is 19.4 Å². The Bertz CT molecular complexity index is 415. The quantitative estimate of drug-likeness (QED) is 0.241. The van der Waals surface area contributed by atoms with Gasteiger partial charge in [-0.1, -0.05) is 0 Å². The molecule has 0 fully saturated rings. The number of carbonyl (C=O) groups excluding carboxylic acids is 4. The van der Waals surface area contributed by atoms with Crippen LogP contribution in [0.15, 0.2) is 0 Å². The molecule has 0 bridgehead atoms. The van der Waals surface area contributed by atoms with Crippen molar-refractivity contribution in [1.82, 2.24) is 16.0 Å². The molecule has 0 heterocycles. The van der Waals surface area contributed by atoms with Gasteiger partial charge in [0.25, 0.3) is 0 Å². The van der Waals surface area contributed by atoms with Crippen LogP contribution in [0.3, 0.4) is 0 Å². The van der Waals surface area contributed by atoms with E-state index in [1.54, 1.807) is 0 Å². The third-order valence-corrected chi connectivity index (χ3v) is 2.64. The van der Waals surface area contributed by atoms with E-state index in [2.05, 4.69) is 16.0 Å². The topological polar surface area (TPSA) is 177 Å². The molecule has 0 saturated carbocycles. The van der Waals surface area contributed by atoms with Crippen LogP contribution in [0.2, 0.25) is 0 Å². The normalized spacial score (nSPS) is 12.9. The van der Waals surface area contributed by atoms with Gasteiger partial charge in [-0.15, -0.1) is 0 Å². The van der Waals surface area contributed by atoms with Gasteiger partial charge in [0, 0.05) is 6.92 Å². The Labute approximate surface area is 128 Å². The van der Waals surface area contributed by atoms with Gasteiger partial charge in [0.1, 0.15) is 12.1 Å². The van der Waals surface area contributed by atoms with Crippen LogP contribution in [-0.2, 0) is 19.2 Å². The van der Waals surface area contributed by atoms with Crippen molar-refractivity contribution in [3.05, 3.63) is 0 Å². The zero-order valence-corrected chi connectivity index (χ0v) is 12.4. The van der Waals surface area contributed by atoms with Crippen molar-refractivity contribution in [1.29, 1.82) is 0 Å². The predicted octanol–water partition coefficient (Wildman–Crippen LogP) is -3.69. The van der Waals surface area contributed by atoms with E-state index in [0.717, 1.165) is 0 Å². The molecule has 0 unspecified atom stereocenters. The monoisotopic (exact) mass is 317 g/mol. The molecule has 8 N–H and O–H groups in total. The minimum absolute atomic E-state index is 0.241. The summed E-state index contributed by atoms with van der Waals surface area (Å²) >= 11 is 0. The highest BCUT2D eigenvalue weighted by Gasteiger charge is 2.25. The Morgan fingerprint density at radius 3 is 2.18 bits per heavy atom. The van der Waals surface area contributed by atoms with E-state index < -0.39 is 42.3 Å². The highest BCUT2D eigenvalue weighted by atomic mass is 16.3. The SMILES string of the molecule is CC(=O)N[C@@H](CO)C(=O)N[C@@H](CCCN)C(=O)NCC(N)=O. The molecule has 4 amide bonds. The number of aliphatic hydroxyl groups excluding tert-OH is 1. The largest absolute Gasteiger partial charge is 0.394 e. The summed E-state index contributed by atoms with van der Waals surface area (Å²) in [6.07, 6.45) is 0.698. The Morgan fingerprint density at radius 2 is 1.73 bits per heavy atom. The van der Waals surface area contributed by atoms with Gasteiger partial charge in [-0.25, -0.2) is 0 Å². The molecule has 22 heavy (non-hydrogen) atoms. The molecule has 0 aliphatic heterocycles. The average molecular weight is 317 g/mol. The van der Waals surface area contributed by atoms with E-state index in [0.29, 0.717) is 13.0 Å². The second kappa shape index (κ2) is 10.5. The van der Waals surface area contributed by atoms with E-state index in [4.69, 9.17) is 16.6 Å². The molecule has 0 aliphatic rings. The lowest BCUT2D eigenvalue weighted by Crippen LogP contribution is -2.55. The molecule has 0 saturated heterocycles. The second-order valence-corrected chi connectivity index (χ2v) is 4.61. The fourth-order valence-corrected chi connectivity index (χ4v) is 1.60. The lowest BCUT2D eigenvalue weighted by atomic mass is 10.1. The van der Waals surface area contributed by atoms with Crippen molar-refractivity contribution >= 4 is 23.6 Å². The smallest absolute Gasteiger partial charge is 0.245 e.